The van der Waals surface area contributed by atoms with Gasteiger partial charge in [0, 0.05) is 486 Å². The Kier molecular flexibility index (Phi) is 476. The van der Waals surface area contributed by atoms with Gasteiger partial charge in [-0.25, -0.2) is 0 Å². The minimum absolute atomic E-state index is 0. The van der Waals surface area contributed by atoms with Crippen LogP contribution in [0, 0.1) is 0 Å². The van der Waals surface area contributed by atoms with Crippen molar-refractivity contribution in [3.8, 4) is 0 Å². The van der Waals surface area contributed by atoms with Crippen LogP contribution >= 0.6 is 0 Å². The van der Waals surface area contributed by atoms with E-state index >= 15 is 0 Å². The van der Waals surface area contributed by atoms with Crippen molar-refractivity contribution >= 4 is 486 Å². The quantitative estimate of drug-likeness (QED) is 0.376. The molecule has 0 aromatic carbocycles. The molecule has 0 spiro atoms. The molecule has 0 bridgehead atoms. The first-order valence-electron chi connectivity index (χ1n) is 0. The van der Waals surface area contributed by atoms with Gasteiger partial charge in [0.2, 0.25) is 0 Å². The average Bonchev–Trinajstić information content (AvgIpc) is 0. The zero-order valence-electron chi connectivity index (χ0n) is 12.0. The summed E-state index contributed by atoms with van der Waals surface area (Å²) in [4.78, 5) is 0. The molecular weight excluding hydrogens is 373 g/mol. The van der Waals surface area contributed by atoms with Crippen LogP contribution in [0.4, 0.5) is 0 Å². The predicted molar refractivity (Wildman–Crippen MR) is 69.0 cm³/mol. The average molecular weight is 373 g/mol. The van der Waals surface area contributed by atoms with E-state index in [0.29, 0.717) is 0 Å². The normalized spacial score (nSPS) is 0. The molecule has 12 radical (unpaired) electrons. The molecule has 0 nitrogen and oxygen atoms in total. The summed E-state index contributed by atoms with van der Waals surface area (Å²) in [5, 5.41) is 0. The van der Waals surface area contributed by atoms with E-state index in [4.69, 9.17) is 0 Å². The Morgan fingerprint density at radius 2 is 0.167 bits per heavy atom. The van der Waals surface area contributed by atoms with Crippen molar-refractivity contribution in [3.05, 3.63) is 0 Å². The van der Waals surface area contributed by atoms with Gasteiger partial charge in [-0.3, -0.25) is 0 Å². The Balaban J connectivity index is 0. The smallest absolute Gasteiger partial charge is 0 e. The van der Waals surface area contributed by atoms with Crippen LogP contribution in [-0.2, 0) is 0 Å². The minimum Gasteiger partial charge on any atom is 0 e. The first-order chi connectivity index (χ1) is 0. The zero-order chi connectivity index (χ0) is 0. The molecule has 0 heterocycles. The van der Waals surface area contributed by atoms with Crippen LogP contribution < -0.4 is 0 Å². The molecule has 0 aliphatic carbocycles. The summed E-state index contributed by atoms with van der Waals surface area (Å²) in [7, 11) is 0. The summed E-state index contributed by atoms with van der Waals surface area (Å²) < 4.78 is 0. The largest absolute Gasteiger partial charge is 0 e. The van der Waals surface area contributed by atoms with Gasteiger partial charge in [-0.15, -0.1) is 0 Å². The molecule has 12 valence electrons. The van der Waals surface area contributed by atoms with Crippen molar-refractivity contribution in [1.82, 2.24) is 0 Å². The van der Waals surface area contributed by atoms with Gasteiger partial charge >= 0.3 is 0 Å². The van der Waals surface area contributed by atoms with Gasteiger partial charge in [0.25, 0.3) is 0 Å². The van der Waals surface area contributed by atoms with Crippen molar-refractivity contribution in [2.75, 3.05) is 0 Å². The van der Waals surface area contributed by atoms with Gasteiger partial charge in [0.15, 0.2) is 0 Å². The third kappa shape index (κ3) is 63.6. The number of hydrogen-bond acceptors (Lipinski definition) is 0. The fourth-order valence-electron chi connectivity index (χ4n) is 0. The maximum Gasteiger partial charge on any atom is 0 e. The summed E-state index contributed by atoms with van der Waals surface area (Å²) >= 11 is 0. The van der Waals surface area contributed by atoms with Crippen molar-refractivity contribution in [2.45, 2.75) is 0 Å². The molecule has 0 fully saturated rings. The van der Waals surface area contributed by atoms with E-state index in [2.05, 4.69) is 0 Å². The molecule has 0 aromatic rings. The Bertz CT molecular complexity index is 12.0. The van der Waals surface area contributed by atoms with Crippen LogP contribution in [0.2, 0.25) is 0 Å². The van der Waals surface area contributed by atoms with Crippen LogP contribution in [-0.4, -0.2) is 486 Å². The Labute approximate surface area is 465 Å². The molecule has 0 aliphatic heterocycles. The molecule has 0 saturated heterocycles. The SMILES string of the molecule is [K].[K].[K].[K].[K].[K].[Na].[Na].[Na].[Na].[Na].[Na]. The molecular formula is K6Na6. The third-order valence-electron chi connectivity index (χ3n) is 0. The van der Waals surface area contributed by atoms with Crippen LogP contribution in [0.25, 0.3) is 0 Å². The van der Waals surface area contributed by atoms with Crippen LogP contribution in [0.1, 0.15) is 0 Å². The van der Waals surface area contributed by atoms with E-state index < -0.39 is 0 Å². The second-order valence-electron chi connectivity index (χ2n) is 0. The first kappa shape index (κ1) is 80.0. The monoisotopic (exact) mass is 372 g/mol. The second-order valence-corrected chi connectivity index (χ2v) is 0. The van der Waals surface area contributed by atoms with Crippen molar-refractivity contribution < 1.29 is 0 Å². The number of hydrogen-bond donors (Lipinski definition) is 0. The second kappa shape index (κ2) is 71.4. The fraction of sp³-hybridized carbons (Fsp3) is 0. The van der Waals surface area contributed by atoms with Crippen molar-refractivity contribution in [2.24, 2.45) is 0 Å². The first-order valence-corrected chi connectivity index (χ1v) is 0. The summed E-state index contributed by atoms with van der Waals surface area (Å²) in [6.45, 7) is 0. The summed E-state index contributed by atoms with van der Waals surface area (Å²) in [6.07, 6.45) is 0. The van der Waals surface area contributed by atoms with Gasteiger partial charge < -0.3 is 0 Å². The fourth-order valence-corrected chi connectivity index (χ4v) is 0. The van der Waals surface area contributed by atoms with Crippen molar-refractivity contribution in [1.29, 1.82) is 0 Å². The van der Waals surface area contributed by atoms with E-state index in [1.807, 2.05) is 0 Å². The molecule has 12 heavy (non-hydrogen) atoms. The van der Waals surface area contributed by atoms with Crippen LogP contribution in [0.15, 0.2) is 0 Å². The molecule has 0 unspecified atom stereocenters. The van der Waals surface area contributed by atoms with Gasteiger partial charge in [0.05, 0.1) is 0 Å². The molecule has 12 heteroatoms. The Morgan fingerprint density at radius 1 is 0.167 bits per heavy atom. The molecule has 0 atom stereocenters. The van der Waals surface area contributed by atoms with E-state index in [1.54, 1.807) is 0 Å². The van der Waals surface area contributed by atoms with Gasteiger partial charge in [-0.05, 0) is 0 Å². The topological polar surface area (TPSA) is 0 Å². The van der Waals surface area contributed by atoms with Gasteiger partial charge in [0.1, 0.15) is 0 Å². The molecule has 0 N–H and O–H groups in total. The van der Waals surface area contributed by atoms with Crippen molar-refractivity contribution in [3.63, 3.8) is 0 Å². The molecule has 0 amide bonds. The zero-order valence-corrected chi connectivity index (χ0v) is 42.7. The summed E-state index contributed by atoms with van der Waals surface area (Å²) in [5.41, 5.74) is 0. The van der Waals surface area contributed by atoms with Crippen LogP contribution in [0.3, 0.4) is 0 Å². The van der Waals surface area contributed by atoms with Crippen LogP contribution in [0.5, 0.6) is 0 Å². The third-order valence-corrected chi connectivity index (χ3v) is 0. The number of rotatable bonds is 0. The van der Waals surface area contributed by atoms with E-state index in [-0.39, 0.29) is 486 Å². The maximum atomic E-state index is 0. The molecule has 0 rings (SSSR count). The maximum absolute atomic E-state index is 0. The minimum atomic E-state index is 0. The van der Waals surface area contributed by atoms with E-state index in [0.717, 1.165) is 0 Å². The predicted octanol–water partition coefficient (Wildman–Crippen LogP) is -4.57. The summed E-state index contributed by atoms with van der Waals surface area (Å²) in [5.74, 6) is 0. The van der Waals surface area contributed by atoms with E-state index in [9.17, 15) is 0 Å². The van der Waals surface area contributed by atoms with Gasteiger partial charge in [-0.2, -0.15) is 0 Å². The Morgan fingerprint density at radius 3 is 0.167 bits per heavy atom. The van der Waals surface area contributed by atoms with E-state index in [1.165, 1.54) is 0 Å². The Hall–Kier alpha value is 15.8. The standard InChI is InChI=1S/6K.6Na. The molecule has 0 aromatic heterocycles. The summed E-state index contributed by atoms with van der Waals surface area (Å²) in [6, 6.07) is 0. The molecule has 0 aliphatic rings. The van der Waals surface area contributed by atoms with Gasteiger partial charge in [-0.1, -0.05) is 0 Å². The molecule has 0 saturated carbocycles.